The first-order valence-corrected chi connectivity index (χ1v) is 7.20. The van der Waals surface area contributed by atoms with Crippen LogP contribution in [0.4, 0.5) is 0 Å². The molecule has 0 amide bonds. The smallest absolute Gasteiger partial charge is 0.0834 e. The highest BCUT2D eigenvalue weighted by Crippen LogP contribution is 2.29. The van der Waals surface area contributed by atoms with Gasteiger partial charge in [0.25, 0.3) is 0 Å². The number of nitrogens with zero attached hydrogens (tertiary/aromatic N) is 2. The molecule has 1 fully saturated rings. The second-order valence-corrected chi connectivity index (χ2v) is 5.08. The summed E-state index contributed by atoms with van der Waals surface area (Å²) < 4.78 is 7.71. The van der Waals surface area contributed by atoms with Crippen LogP contribution in [-0.2, 0) is 11.3 Å². The zero-order valence-electron chi connectivity index (χ0n) is 11.2. The van der Waals surface area contributed by atoms with Crippen molar-refractivity contribution < 1.29 is 4.74 Å². The molecule has 0 bridgehead atoms. The minimum atomic E-state index is 0.230. The van der Waals surface area contributed by atoms with Gasteiger partial charge >= 0.3 is 0 Å². The lowest BCUT2D eigenvalue weighted by molar-refractivity contribution is 0.0938. The van der Waals surface area contributed by atoms with Crippen LogP contribution in [0.2, 0.25) is 5.02 Å². The van der Waals surface area contributed by atoms with Gasteiger partial charge in [0, 0.05) is 13.2 Å². The van der Waals surface area contributed by atoms with Gasteiger partial charge in [-0.25, -0.2) is 0 Å². The Morgan fingerprint density at radius 1 is 1.61 bits per heavy atom. The van der Waals surface area contributed by atoms with Gasteiger partial charge in [-0.05, 0) is 32.7 Å². The number of aromatic nitrogens is 2. The van der Waals surface area contributed by atoms with Crippen LogP contribution in [0.5, 0.6) is 0 Å². The van der Waals surface area contributed by atoms with E-state index in [1.54, 1.807) is 6.20 Å². The third kappa shape index (κ3) is 3.05. The van der Waals surface area contributed by atoms with E-state index in [0.717, 1.165) is 43.3 Å². The van der Waals surface area contributed by atoms with Crippen LogP contribution in [0.25, 0.3) is 0 Å². The molecule has 4 nitrogen and oxygen atoms in total. The second kappa shape index (κ2) is 6.55. The largest absolute Gasteiger partial charge is 0.378 e. The van der Waals surface area contributed by atoms with Crippen LogP contribution < -0.4 is 5.32 Å². The summed E-state index contributed by atoms with van der Waals surface area (Å²) in [5.74, 6) is 0. The number of hydrogen-bond donors (Lipinski definition) is 1. The quantitative estimate of drug-likeness (QED) is 0.865. The molecule has 0 aromatic carbocycles. The van der Waals surface area contributed by atoms with Gasteiger partial charge in [0.15, 0.2) is 0 Å². The van der Waals surface area contributed by atoms with Gasteiger partial charge in [0.05, 0.1) is 29.1 Å². The molecule has 0 spiro atoms. The fraction of sp³-hybridized carbons (Fsp3) is 0.769. The van der Waals surface area contributed by atoms with Crippen molar-refractivity contribution in [3.05, 3.63) is 16.9 Å². The topological polar surface area (TPSA) is 39.1 Å². The maximum Gasteiger partial charge on any atom is 0.0834 e. The lowest BCUT2D eigenvalue weighted by atomic mass is 10.0. The predicted molar refractivity (Wildman–Crippen MR) is 72.9 cm³/mol. The average molecular weight is 272 g/mol. The molecule has 0 aliphatic carbocycles. The van der Waals surface area contributed by atoms with Crippen molar-refractivity contribution in [1.82, 2.24) is 15.1 Å². The number of hydrogen-bond acceptors (Lipinski definition) is 3. The summed E-state index contributed by atoms with van der Waals surface area (Å²) >= 11 is 6.28. The molecule has 1 aliphatic heterocycles. The van der Waals surface area contributed by atoms with Crippen LogP contribution in [-0.4, -0.2) is 29.0 Å². The Balaban J connectivity index is 2.14. The molecule has 1 aromatic rings. The zero-order valence-corrected chi connectivity index (χ0v) is 11.9. The van der Waals surface area contributed by atoms with Gasteiger partial charge in [0.2, 0.25) is 0 Å². The fourth-order valence-corrected chi connectivity index (χ4v) is 2.87. The first kappa shape index (κ1) is 13.8. The van der Waals surface area contributed by atoms with Crippen LogP contribution in [0.15, 0.2) is 6.20 Å². The standard InChI is InChI=1S/C13H22ClN3O/c1-3-15-12(8-10-6-5-7-18-10)13-11(14)9-16-17(13)4-2/h9-10,12,15H,3-8H2,1-2H3. The predicted octanol–water partition coefficient (Wildman–Crippen LogP) is 2.78. The fourth-order valence-electron chi connectivity index (χ4n) is 2.60. The van der Waals surface area contributed by atoms with E-state index < -0.39 is 0 Å². The van der Waals surface area contributed by atoms with Gasteiger partial charge in [0.1, 0.15) is 0 Å². The van der Waals surface area contributed by atoms with Gasteiger partial charge in [-0.15, -0.1) is 0 Å². The summed E-state index contributed by atoms with van der Waals surface area (Å²) in [4.78, 5) is 0. The van der Waals surface area contributed by atoms with E-state index in [0.29, 0.717) is 6.10 Å². The van der Waals surface area contributed by atoms with Crippen LogP contribution in [0.3, 0.4) is 0 Å². The van der Waals surface area contributed by atoms with Crippen molar-refractivity contribution in [1.29, 1.82) is 0 Å². The first-order chi connectivity index (χ1) is 8.76. The summed E-state index contributed by atoms with van der Waals surface area (Å²) in [7, 11) is 0. The number of rotatable bonds is 6. The highest BCUT2D eigenvalue weighted by atomic mass is 35.5. The second-order valence-electron chi connectivity index (χ2n) is 4.67. The Hall–Kier alpha value is -0.580. The summed E-state index contributed by atoms with van der Waals surface area (Å²) in [6, 6.07) is 0.230. The molecule has 1 aromatic heterocycles. The van der Waals surface area contributed by atoms with Crippen molar-refractivity contribution in [3.63, 3.8) is 0 Å². The summed E-state index contributed by atoms with van der Waals surface area (Å²) in [5.41, 5.74) is 1.09. The molecule has 2 rings (SSSR count). The number of aryl methyl sites for hydroxylation is 1. The van der Waals surface area contributed by atoms with Gasteiger partial charge in [-0.2, -0.15) is 5.10 Å². The molecule has 102 valence electrons. The van der Waals surface area contributed by atoms with E-state index in [-0.39, 0.29) is 6.04 Å². The number of ether oxygens (including phenoxy) is 1. The number of nitrogens with one attached hydrogen (secondary N) is 1. The van der Waals surface area contributed by atoms with Crippen LogP contribution >= 0.6 is 11.6 Å². The number of halogens is 1. The Bertz CT molecular complexity index is 374. The van der Waals surface area contributed by atoms with Crippen molar-refractivity contribution >= 4 is 11.6 Å². The van der Waals surface area contributed by atoms with Crippen LogP contribution in [0, 0.1) is 0 Å². The molecule has 1 N–H and O–H groups in total. The Morgan fingerprint density at radius 2 is 2.44 bits per heavy atom. The van der Waals surface area contributed by atoms with Crippen molar-refractivity contribution in [2.24, 2.45) is 0 Å². The van der Waals surface area contributed by atoms with Gasteiger partial charge in [-0.3, -0.25) is 4.68 Å². The lowest BCUT2D eigenvalue weighted by Crippen LogP contribution is -2.27. The molecule has 2 atom stereocenters. The normalized spacial score (nSPS) is 21.4. The van der Waals surface area contributed by atoms with Crippen molar-refractivity contribution in [2.45, 2.75) is 51.8 Å². The monoisotopic (exact) mass is 271 g/mol. The van der Waals surface area contributed by atoms with Gasteiger partial charge < -0.3 is 10.1 Å². The molecule has 5 heteroatoms. The van der Waals surface area contributed by atoms with Gasteiger partial charge in [-0.1, -0.05) is 18.5 Å². The van der Waals surface area contributed by atoms with E-state index in [2.05, 4.69) is 24.3 Å². The minimum absolute atomic E-state index is 0.230. The first-order valence-electron chi connectivity index (χ1n) is 6.82. The molecule has 0 radical (unpaired) electrons. The molecular weight excluding hydrogens is 250 g/mol. The highest BCUT2D eigenvalue weighted by molar-refractivity contribution is 6.31. The highest BCUT2D eigenvalue weighted by Gasteiger charge is 2.25. The Kier molecular flexibility index (Phi) is 5.03. The zero-order chi connectivity index (χ0) is 13.0. The Labute approximate surface area is 114 Å². The molecule has 2 unspecified atom stereocenters. The molecule has 2 heterocycles. The van der Waals surface area contributed by atoms with E-state index >= 15 is 0 Å². The van der Waals surface area contributed by atoms with Crippen LogP contribution in [0.1, 0.15) is 44.8 Å². The minimum Gasteiger partial charge on any atom is -0.378 e. The summed E-state index contributed by atoms with van der Waals surface area (Å²) in [5, 5.41) is 8.57. The third-order valence-electron chi connectivity index (χ3n) is 3.44. The van der Waals surface area contributed by atoms with Crippen molar-refractivity contribution in [3.8, 4) is 0 Å². The van der Waals surface area contributed by atoms with E-state index in [4.69, 9.17) is 16.3 Å². The SMILES string of the molecule is CCNC(CC1CCCO1)c1c(Cl)cnn1CC. The van der Waals surface area contributed by atoms with E-state index in [1.807, 2.05) is 4.68 Å². The maximum atomic E-state index is 6.28. The summed E-state index contributed by atoms with van der Waals surface area (Å²) in [6.07, 6.45) is 5.38. The molecular formula is C13H22ClN3O. The van der Waals surface area contributed by atoms with E-state index in [9.17, 15) is 0 Å². The average Bonchev–Trinajstić information content (AvgIpc) is 2.98. The summed E-state index contributed by atoms with van der Waals surface area (Å²) in [6.45, 7) is 6.85. The molecule has 0 saturated carbocycles. The Morgan fingerprint density at radius 3 is 3.06 bits per heavy atom. The van der Waals surface area contributed by atoms with Crippen molar-refractivity contribution in [2.75, 3.05) is 13.2 Å². The maximum absolute atomic E-state index is 6.28. The molecule has 1 saturated heterocycles. The molecule has 1 aliphatic rings. The third-order valence-corrected chi connectivity index (χ3v) is 3.73. The lowest BCUT2D eigenvalue weighted by Gasteiger charge is -2.22. The molecule has 18 heavy (non-hydrogen) atoms. The van der Waals surface area contributed by atoms with E-state index in [1.165, 1.54) is 6.42 Å².